The van der Waals surface area contributed by atoms with E-state index in [1.54, 1.807) is 0 Å². The van der Waals surface area contributed by atoms with Gasteiger partial charge in [-0.15, -0.1) is 21.5 Å². The van der Waals surface area contributed by atoms with E-state index in [-0.39, 0.29) is 11.2 Å². The highest BCUT2D eigenvalue weighted by molar-refractivity contribution is 8.00. The van der Waals surface area contributed by atoms with E-state index in [0.29, 0.717) is 5.13 Å². The number of thioether (sulfide) groups is 1. The quantitative estimate of drug-likeness (QED) is 0.604. The van der Waals surface area contributed by atoms with Crippen LogP contribution in [0.25, 0.3) is 0 Å². The number of carbonyl (C=O) groups excluding carboxylic acids is 1. The zero-order chi connectivity index (χ0) is 19.4. The highest BCUT2D eigenvalue weighted by Gasteiger charge is 2.21. The van der Waals surface area contributed by atoms with E-state index in [1.165, 1.54) is 28.7 Å². The maximum absolute atomic E-state index is 12.5. The average Bonchev–Trinajstić information content (AvgIpc) is 3.17. The molecule has 2 heterocycles. The predicted octanol–water partition coefficient (Wildman–Crippen LogP) is 4.08. The monoisotopic (exact) mass is 401 g/mol. The third-order valence-electron chi connectivity index (χ3n) is 4.22. The van der Waals surface area contributed by atoms with Gasteiger partial charge in [0.1, 0.15) is 5.82 Å². The molecule has 1 aromatic carbocycles. The number of aryl methyl sites for hydroxylation is 2. The van der Waals surface area contributed by atoms with Crippen molar-refractivity contribution >= 4 is 34.1 Å². The van der Waals surface area contributed by atoms with Crippen LogP contribution < -0.4 is 5.32 Å². The van der Waals surface area contributed by atoms with Crippen molar-refractivity contribution in [1.82, 2.24) is 19.7 Å². The first-order valence-electron chi connectivity index (χ1n) is 8.85. The number of carbonyl (C=O) groups is 1. The third kappa shape index (κ3) is 4.75. The Morgan fingerprint density at radius 1 is 1.26 bits per heavy atom. The van der Waals surface area contributed by atoms with E-state index < -0.39 is 0 Å². The minimum Gasteiger partial charge on any atom is -0.306 e. The fourth-order valence-electron chi connectivity index (χ4n) is 2.58. The lowest BCUT2D eigenvalue weighted by Crippen LogP contribution is -2.23. The molecule has 3 aromatic rings. The van der Waals surface area contributed by atoms with Gasteiger partial charge in [0, 0.05) is 17.8 Å². The summed E-state index contributed by atoms with van der Waals surface area (Å²) >= 11 is 2.91. The van der Waals surface area contributed by atoms with Crippen LogP contribution in [0.15, 0.2) is 35.5 Å². The summed E-state index contributed by atoms with van der Waals surface area (Å²) in [6.45, 7) is 8.64. The molecule has 1 amide bonds. The van der Waals surface area contributed by atoms with Crippen LogP contribution in [0.5, 0.6) is 0 Å². The number of hydrogen-bond acceptors (Lipinski definition) is 6. The Bertz CT molecular complexity index is 900. The summed E-state index contributed by atoms with van der Waals surface area (Å²) in [7, 11) is 0. The molecule has 1 N–H and O–H groups in total. The van der Waals surface area contributed by atoms with Gasteiger partial charge in [-0.1, -0.05) is 42.1 Å². The maximum Gasteiger partial charge on any atom is 0.239 e. The first kappa shape index (κ1) is 19.6. The molecule has 0 bridgehead atoms. The fourth-order valence-corrected chi connectivity index (χ4v) is 4.33. The summed E-state index contributed by atoms with van der Waals surface area (Å²) in [4.78, 5) is 18.0. The zero-order valence-electron chi connectivity index (χ0n) is 15.9. The van der Waals surface area contributed by atoms with Crippen LogP contribution in [-0.4, -0.2) is 30.9 Å². The molecular weight excluding hydrogens is 378 g/mol. The lowest BCUT2D eigenvalue weighted by atomic mass is 10.1. The van der Waals surface area contributed by atoms with E-state index in [2.05, 4.69) is 44.1 Å². The lowest BCUT2D eigenvalue weighted by molar-refractivity contribution is -0.115. The molecule has 0 saturated heterocycles. The van der Waals surface area contributed by atoms with E-state index in [0.717, 1.165) is 34.5 Å². The molecule has 8 heteroatoms. The second-order valence-electron chi connectivity index (χ2n) is 6.22. The number of anilines is 1. The first-order chi connectivity index (χ1) is 13.0. The number of hydrogen-bond donors (Lipinski definition) is 1. The Labute approximate surface area is 167 Å². The third-order valence-corrected chi connectivity index (χ3v) is 6.29. The molecule has 0 aliphatic rings. The van der Waals surface area contributed by atoms with Gasteiger partial charge in [-0.2, -0.15) is 0 Å². The van der Waals surface area contributed by atoms with Gasteiger partial charge in [0.15, 0.2) is 10.3 Å². The van der Waals surface area contributed by atoms with Gasteiger partial charge < -0.3 is 9.88 Å². The SMILES string of the molecule is CCn1c(Cc2ccccc2)nnc1S[C@@H](C)C(=O)Nc1nc(C)c(C)s1. The second kappa shape index (κ2) is 8.67. The molecule has 0 aliphatic carbocycles. The molecule has 0 fully saturated rings. The van der Waals surface area contributed by atoms with Crippen molar-refractivity contribution in [3.63, 3.8) is 0 Å². The van der Waals surface area contributed by atoms with E-state index in [4.69, 9.17) is 0 Å². The molecule has 0 saturated carbocycles. The summed E-state index contributed by atoms with van der Waals surface area (Å²) in [6, 6.07) is 10.2. The Balaban J connectivity index is 1.68. The van der Waals surface area contributed by atoms with Crippen LogP contribution in [0.1, 0.15) is 35.8 Å². The number of nitrogens with zero attached hydrogens (tertiary/aromatic N) is 4. The van der Waals surface area contributed by atoms with Crippen LogP contribution in [0.2, 0.25) is 0 Å². The number of amides is 1. The Hall–Kier alpha value is -2.19. The maximum atomic E-state index is 12.5. The van der Waals surface area contributed by atoms with Crippen molar-refractivity contribution in [2.24, 2.45) is 0 Å². The zero-order valence-corrected chi connectivity index (χ0v) is 17.5. The standard InChI is InChI=1S/C19H23N5OS2/c1-5-24-16(11-15-9-7-6-8-10-15)22-23-19(24)27-14(4)17(25)21-18-20-12(2)13(3)26-18/h6-10,14H,5,11H2,1-4H3,(H,20,21,25)/t14-/m0/s1. The topological polar surface area (TPSA) is 72.7 Å². The number of nitrogens with one attached hydrogen (secondary N) is 1. The minimum absolute atomic E-state index is 0.0796. The van der Waals surface area contributed by atoms with E-state index >= 15 is 0 Å². The summed E-state index contributed by atoms with van der Waals surface area (Å²) in [5.41, 5.74) is 2.14. The molecule has 0 radical (unpaired) electrons. The van der Waals surface area contributed by atoms with Crippen LogP contribution in [0.4, 0.5) is 5.13 Å². The smallest absolute Gasteiger partial charge is 0.239 e. The van der Waals surface area contributed by atoms with Gasteiger partial charge in [-0.05, 0) is 33.3 Å². The number of aromatic nitrogens is 4. The van der Waals surface area contributed by atoms with Crippen molar-refractivity contribution in [3.8, 4) is 0 Å². The average molecular weight is 402 g/mol. The molecule has 142 valence electrons. The second-order valence-corrected chi connectivity index (χ2v) is 8.73. The Morgan fingerprint density at radius 2 is 2.00 bits per heavy atom. The molecule has 6 nitrogen and oxygen atoms in total. The fraction of sp³-hybridized carbons (Fsp3) is 0.368. The van der Waals surface area contributed by atoms with Gasteiger partial charge in [0.2, 0.25) is 5.91 Å². The van der Waals surface area contributed by atoms with E-state index in [9.17, 15) is 4.79 Å². The first-order valence-corrected chi connectivity index (χ1v) is 10.5. The van der Waals surface area contributed by atoms with Gasteiger partial charge in [-0.3, -0.25) is 4.79 Å². The van der Waals surface area contributed by atoms with Crippen LogP contribution in [0, 0.1) is 13.8 Å². The normalized spacial score (nSPS) is 12.1. The molecule has 0 aliphatic heterocycles. The molecule has 0 unspecified atom stereocenters. The van der Waals surface area contributed by atoms with Crippen molar-refractivity contribution in [2.75, 3.05) is 5.32 Å². The van der Waals surface area contributed by atoms with Crippen molar-refractivity contribution in [1.29, 1.82) is 0 Å². The van der Waals surface area contributed by atoms with Crippen LogP contribution in [0.3, 0.4) is 0 Å². The van der Waals surface area contributed by atoms with Gasteiger partial charge in [0.25, 0.3) is 0 Å². The number of rotatable bonds is 7. The summed E-state index contributed by atoms with van der Waals surface area (Å²) < 4.78 is 2.07. The van der Waals surface area contributed by atoms with Crippen LogP contribution >= 0.6 is 23.1 Å². The van der Waals surface area contributed by atoms with Crippen molar-refractivity contribution in [2.45, 2.75) is 51.1 Å². The Morgan fingerprint density at radius 3 is 2.63 bits per heavy atom. The molecule has 0 spiro atoms. The van der Waals surface area contributed by atoms with Gasteiger partial charge in [-0.25, -0.2) is 4.98 Å². The Kier molecular flexibility index (Phi) is 6.28. The number of benzene rings is 1. The predicted molar refractivity (Wildman–Crippen MR) is 110 cm³/mol. The molecule has 2 aromatic heterocycles. The highest BCUT2D eigenvalue weighted by Crippen LogP contribution is 2.26. The van der Waals surface area contributed by atoms with Crippen molar-refractivity contribution in [3.05, 3.63) is 52.3 Å². The summed E-state index contributed by atoms with van der Waals surface area (Å²) in [6.07, 6.45) is 0.723. The van der Waals surface area contributed by atoms with Crippen LogP contribution in [-0.2, 0) is 17.8 Å². The molecule has 27 heavy (non-hydrogen) atoms. The van der Waals surface area contributed by atoms with Crippen molar-refractivity contribution < 1.29 is 4.79 Å². The summed E-state index contributed by atoms with van der Waals surface area (Å²) in [5, 5.41) is 12.7. The highest BCUT2D eigenvalue weighted by atomic mass is 32.2. The van der Waals surface area contributed by atoms with Gasteiger partial charge >= 0.3 is 0 Å². The molecule has 3 rings (SSSR count). The molecular formula is C19H23N5OS2. The lowest BCUT2D eigenvalue weighted by Gasteiger charge is -2.11. The van der Waals surface area contributed by atoms with Gasteiger partial charge in [0.05, 0.1) is 10.9 Å². The largest absolute Gasteiger partial charge is 0.306 e. The van der Waals surface area contributed by atoms with E-state index in [1.807, 2.05) is 39.0 Å². The molecule has 1 atom stereocenters. The number of thiazole rings is 1. The minimum atomic E-state index is -0.298. The summed E-state index contributed by atoms with van der Waals surface area (Å²) in [5.74, 6) is 0.828.